The first-order valence-corrected chi connectivity index (χ1v) is 6.26. The van der Waals surface area contributed by atoms with E-state index in [0.717, 1.165) is 13.0 Å². The van der Waals surface area contributed by atoms with Crippen molar-refractivity contribution in [3.05, 3.63) is 35.4 Å². The highest BCUT2D eigenvalue weighted by Crippen LogP contribution is 2.24. The van der Waals surface area contributed by atoms with E-state index >= 15 is 0 Å². The summed E-state index contributed by atoms with van der Waals surface area (Å²) in [6.07, 6.45) is 6.14. The van der Waals surface area contributed by atoms with Gasteiger partial charge in [0, 0.05) is 12.5 Å². The molecule has 0 spiro atoms. The van der Waals surface area contributed by atoms with Crippen LogP contribution in [0.1, 0.15) is 51.3 Å². The van der Waals surface area contributed by atoms with E-state index in [0.29, 0.717) is 0 Å². The summed E-state index contributed by atoms with van der Waals surface area (Å²) in [6, 6.07) is 9.06. The fourth-order valence-corrected chi connectivity index (χ4v) is 1.89. The van der Waals surface area contributed by atoms with Gasteiger partial charge < -0.3 is 5.32 Å². The van der Waals surface area contributed by atoms with Crippen LogP contribution in [0.5, 0.6) is 0 Å². The van der Waals surface area contributed by atoms with E-state index in [9.17, 15) is 0 Å². The van der Waals surface area contributed by atoms with Crippen molar-refractivity contribution in [3.63, 3.8) is 0 Å². The van der Waals surface area contributed by atoms with Crippen LogP contribution < -0.4 is 5.32 Å². The molecule has 1 N–H and O–H groups in total. The molecular formula is C16H23N. The third-order valence-electron chi connectivity index (χ3n) is 2.95. The Labute approximate surface area is 106 Å². The zero-order chi connectivity index (χ0) is 12.9. The minimum Gasteiger partial charge on any atom is -0.309 e. The van der Waals surface area contributed by atoms with Gasteiger partial charge in [0.25, 0.3) is 0 Å². The molecule has 0 heterocycles. The van der Waals surface area contributed by atoms with Crippen LogP contribution in [0.3, 0.4) is 0 Å². The average Bonchev–Trinajstić information content (AvgIpc) is 2.28. The van der Waals surface area contributed by atoms with Crippen molar-refractivity contribution in [2.24, 2.45) is 0 Å². The van der Waals surface area contributed by atoms with Gasteiger partial charge in [0.15, 0.2) is 0 Å². The van der Waals surface area contributed by atoms with Gasteiger partial charge in [0.2, 0.25) is 0 Å². The van der Waals surface area contributed by atoms with E-state index < -0.39 is 0 Å². The summed E-state index contributed by atoms with van der Waals surface area (Å²) in [5.41, 5.74) is 2.84. The minimum atomic E-state index is 0.207. The first-order chi connectivity index (χ1) is 7.99. The molecule has 1 atom stereocenters. The number of rotatable bonds is 4. The van der Waals surface area contributed by atoms with E-state index in [1.807, 2.05) is 0 Å². The van der Waals surface area contributed by atoms with Crippen molar-refractivity contribution in [2.75, 3.05) is 6.54 Å². The monoisotopic (exact) mass is 229 g/mol. The van der Waals surface area contributed by atoms with Crippen LogP contribution in [0.2, 0.25) is 0 Å². The highest BCUT2D eigenvalue weighted by molar-refractivity contribution is 5.29. The SMILES string of the molecule is C#CCC(NCC)c1ccc(C(C)(C)C)cc1. The summed E-state index contributed by atoms with van der Waals surface area (Å²) in [6.45, 7) is 9.72. The van der Waals surface area contributed by atoms with Crippen molar-refractivity contribution in [1.29, 1.82) is 0 Å². The standard InChI is InChI=1S/C16H23N/c1-6-8-15(17-7-2)13-9-11-14(12-10-13)16(3,4)5/h1,9-12,15,17H,7-8H2,2-5H3. The summed E-state index contributed by atoms with van der Waals surface area (Å²) in [4.78, 5) is 0. The lowest BCUT2D eigenvalue weighted by Crippen LogP contribution is -2.20. The second-order valence-electron chi connectivity index (χ2n) is 5.39. The maximum atomic E-state index is 5.41. The molecule has 17 heavy (non-hydrogen) atoms. The minimum absolute atomic E-state index is 0.207. The predicted octanol–water partition coefficient (Wildman–Crippen LogP) is 3.66. The number of hydrogen-bond acceptors (Lipinski definition) is 1. The van der Waals surface area contributed by atoms with E-state index in [4.69, 9.17) is 6.42 Å². The zero-order valence-electron chi connectivity index (χ0n) is 11.4. The molecule has 1 aromatic rings. The normalized spacial score (nSPS) is 13.1. The Hall–Kier alpha value is -1.26. The Morgan fingerprint density at radius 3 is 2.24 bits per heavy atom. The smallest absolute Gasteiger partial charge is 0.0430 e. The number of hydrogen-bond donors (Lipinski definition) is 1. The Balaban J connectivity index is 2.88. The molecule has 0 aliphatic heterocycles. The van der Waals surface area contributed by atoms with Crippen molar-refractivity contribution in [3.8, 4) is 12.3 Å². The molecule has 0 saturated carbocycles. The summed E-state index contributed by atoms with van der Waals surface area (Å²) in [5.74, 6) is 2.73. The summed E-state index contributed by atoms with van der Waals surface area (Å²) < 4.78 is 0. The Morgan fingerprint density at radius 1 is 1.24 bits per heavy atom. The lowest BCUT2D eigenvalue weighted by molar-refractivity contribution is 0.561. The first kappa shape index (κ1) is 13.8. The van der Waals surface area contributed by atoms with Gasteiger partial charge in [0.1, 0.15) is 0 Å². The van der Waals surface area contributed by atoms with E-state index in [1.54, 1.807) is 0 Å². The molecule has 92 valence electrons. The summed E-state index contributed by atoms with van der Waals surface area (Å²) >= 11 is 0. The lowest BCUT2D eigenvalue weighted by Gasteiger charge is -2.21. The second-order valence-corrected chi connectivity index (χ2v) is 5.39. The van der Waals surface area contributed by atoms with Gasteiger partial charge >= 0.3 is 0 Å². The highest BCUT2D eigenvalue weighted by atomic mass is 14.9. The van der Waals surface area contributed by atoms with Gasteiger partial charge in [-0.25, -0.2) is 0 Å². The van der Waals surface area contributed by atoms with Gasteiger partial charge in [-0.2, -0.15) is 0 Å². The Morgan fingerprint density at radius 2 is 1.82 bits per heavy atom. The summed E-state index contributed by atoms with van der Waals surface area (Å²) in [5, 5.41) is 3.42. The van der Waals surface area contributed by atoms with Crippen LogP contribution in [0.25, 0.3) is 0 Å². The molecule has 0 amide bonds. The van der Waals surface area contributed by atoms with Gasteiger partial charge in [-0.1, -0.05) is 52.0 Å². The molecule has 1 unspecified atom stereocenters. The molecule has 1 nitrogen and oxygen atoms in total. The topological polar surface area (TPSA) is 12.0 Å². The molecule has 0 aromatic heterocycles. The van der Waals surface area contributed by atoms with Crippen molar-refractivity contribution < 1.29 is 0 Å². The number of terminal acetylenes is 1. The Kier molecular flexibility index (Phi) is 4.78. The van der Waals surface area contributed by atoms with Crippen LogP contribution in [0.4, 0.5) is 0 Å². The lowest BCUT2D eigenvalue weighted by atomic mass is 9.86. The first-order valence-electron chi connectivity index (χ1n) is 6.26. The van der Waals surface area contributed by atoms with Gasteiger partial charge in [-0.15, -0.1) is 12.3 Å². The quantitative estimate of drug-likeness (QED) is 0.777. The zero-order valence-corrected chi connectivity index (χ0v) is 11.4. The third kappa shape index (κ3) is 3.91. The average molecular weight is 229 g/mol. The fraction of sp³-hybridized carbons (Fsp3) is 0.500. The van der Waals surface area contributed by atoms with E-state index in [-0.39, 0.29) is 11.5 Å². The van der Waals surface area contributed by atoms with Crippen LogP contribution in [-0.2, 0) is 5.41 Å². The molecule has 0 aliphatic rings. The highest BCUT2D eigenvalue weighted by Gasteiger charge is 2.14. The van der Waals surface area contributed by atoms with Crippen molar-refractivity contribution in [2.45, 2.75) is 45.6 Å². The van der Waals surface area contributed by atoms with Crippen LogP contribution in [0, 0.1) is 12.3 Å². The second kappa shape index (κ2) is 5.89. The van der Waals surface area contributed by atoms with Gasteiger partial charge in [-0.05, 0) is 23.1 Å². The molecule has 0 radical (unpaired) electrons. The van der Waals surface area contributed by atoms with Crippen molar-refractivity contribution >= 4 is 0 Å². The van der Waals surface area contributed by atoms with Crippen LogP contribution >= 0.6 is 0 Å². The van der Waals surface area contributed by atoms with Gasteiger partial charge in [0.05, 0.1) is 0 Å². The molecule has 0 fully saturated rings. The molecular weight excluding hydrogens is 206 g/mol. The molecule has 0 aliphatic carbocycles. The third-order valence-corrected chi connectivity index (χ3v) is 2.95. The van der Waals surface area contributed by atoms with E-state index in [2.05, 4.69) is 63.2 Å². The molecule has 0 saturated heterocycles. The molecule has 0 bridgehead atoms. The molecule has 1 aromatic carbocycles. The number of nitrogens with one attached hydrogen (secondary N) is 1. The summed E-state index contributed by atoms with van der Waals surface area (Å²) in [7, 11) is 0. The maximum Gasteiger partial charge on any atom is 0.0430 e. The molecule has 1 rings (SSSR count). The van der Waals surface area contributed by atoms with Crippen LogP contribution in [-0.4, -0.2) is 6.54 Å². The van der Waals surface area contributed by atoms with Crippen molar-refractivity contribution in [1.82, 2.24) is 5.32 Å². The van der Waals surface area contributed by atoms with Gasteiger partial charge in [-0.3, -0.25) is 0 Å². The maximum absolute atomic E-state index is 5.41. The largest absolute Gasteiger partial charge is 0.309 e. The predicted molar refractivity (Wildman–Crippen MR) is 75.0 cm³/mol. The Bertz CT molecular complexity index is 375. The van der Waals surface area contributed by atoms with Crippen LogP contribution in [0.15, 0.2) is 24.3 Å². The van der Waals surface area contributed by atoms with E-state index in [1.165, 1.54) is 11.1 Å². The fourth-order valence-electron chi connectivity index (χ4n) is 1.89. The number of benzene rings is 1. The molecule has 1 heteroatoms.